The Morgan fingerprint density at radius 1 is 1.22 bits per heavy atom. The summed E-state index contributed by atoms with van der Waals surface area (Å²) in [5.41, 5.74) is 7.09. The number of nitrogens with two attached hydrogens (primary N) is 1. The molecule has 102 valence electrons. The Hall–Kier alpha value is -1.26. The van der Waals surface area contributed by atoms with Crippen molar-refractivity contribution in [2.75, 3.05) is 20.8 Å². The van der Waals surface area contributed by atoms with Crippen LogP contribution in [-0.2, 0) is 5.41 Å². The summed E-state index contributed by atoms with van der Waals surface area (Å²) in [6, 6.07) is 3.71. The first-order valence-electron chi connectivity index (χ1n) is 5.99. The van der Waals surface area contributed by atoms with Crippen LogP contribution < -0.4 is 15.2 Å². The maximum absolute atomic E-state index is 9.99. The molecule has 4 nitrogen and oxygen atoms in total. The number of aliphatic hydroxyl groups excluding tert-OH is 1. The second kappa shape index (κ2) is 5.59. The van der Waals surface area contributed by atoms with Crippen LogP contribution in [0.15, 0.2) is 12.1 Å². The third kappa shape index (κ3) is 2.94. The minimum absolute atomic E-state index is 0.108. The van der Waals surface area contributed by atoms with Crippen molar-refractivity contribution in [2.45, 2.75) is 32.3 Å². The maximum atomic E-state index is 9.99. The summed E-state index contributed by atoms with van der Waals surface area (Å²) in [5.74, 6) is 1.38. The number of aliphatic hydroxyl groups is 1. The normalized spacial score (nSPS) is 13.3. The summed E-state index contributed by atoms with van der Waals surface area (Å²) < 4.78 is 10.7. The van der Waals surface area contributed by atoms with Gasteiger partial charge in [-0.3, -0.25) is 0 Å². The fourth-order valence-corrected chi connectivity index (χ4v) is 1.90. The van der Waals surface area contributed by atoms with Crippen molar-refractivity contribution in [3.8, 4) is 11.5 Å². The van der Waals surface area contributed by atoms with Crippen molar-refractivity contribution in [3.05, 3.63) is 23.3 Å². The third-order valence-electron chi connectivity index (χ3n) is 2.92. The molecule has 18 heavy (non-hydrogen) atoms. The van der Waals surface area contributed by atoms with E-state index in [9.17, 15) is 5.11 Å². The molecule has 0 radical (unpaired) electrons. The van der Waals surface area contributed by atoms with Gasteiger partial charge >= 0.3 is 0 Å². The van der Waals surface area contributed by atoms with E-state index >= 15 is 0 Å². The van der Waals surface area contributed by atoms with E-state index in [4.69, 9.17) is 15.2 Å². The lowest BCUT2D eigenvalue weighted by Crippen LogP contribution is -2.18. The monoisotopic (exact) mass is 253 g/mol. The van der Waals surface area contributed by atoms with E-state index in [1.165, 1.54) is 0 Å². The van der Waals surface area contributed by atoms with E-state index in [0.29, 0.717) is 17.1 Å². The first kappa shape index (κ1) is 14.8. The molecular formula is C14H23NO3. The Labute approximate surface area is 109 Å². The molecule has 0 saturated heterocycles. The van der Waals surface area contributed by atoms with Gasteiger partial charge in [-0.25, -0.2) is 0 Å². The lowest BCUT2D eigenvalue weighted by atomic mass is 9.84. The van der Waals surface area contributed by atoms with Crippen molar-refractivity contribution in [1.82, 2.24) is 0 Å². The van der Waals surface area contributed by atoms with Crippen LogP contribution in [-0.4, -0.2) is 25.9 Å². The third-order valence-corrected chi connectivity index (χ3v) is 2.92. The molecule has 0 fully saturated rings. The van der Waals surface area contributed by atoms with Crippen LogP contribution in [0, 0.1) is 0 Å². The fraction of sp³-hybridized carbons (Fsp3) is 0.571. The lowest BCUT2D eigenvalue weighted by Gasteiger charge is -2.26. The summed E-state index contributed by atoms with van der Waals surface area (Å²) in [6.45, 7) is 6.40. The molecule has 0 heterocycles. The summed E-state index contributed by atoms with van der Waals surface area (Å²) >= 11 is 0. The zero-order chi connectivity index (χ0) is 13.9. The molecule has 0 aromatic heterocycles. The average Bonchev–Trinajstić information content (AvgIpc) is 2.34. The van der Waals surface area contributed by atoms with Crippen LogP contribution in [0.3, 0.4) is 0 Å². The zero-order valence-corrected chi connectivity index (χ0v) is 11.8. The Balaban J connectivity index is 3.50. The van der Waals surface area contributed by atoms with Gasteiger partial charge in [0.2, 0.25) is 0 Å². The highest BCUT2D eigenvalue weighted by Gasteiger charge is 2.25. The van der Waals surface area contributed by atoms with E-state index < -0.39 is 6.10 Å². The predicted molar refractivity (Wildman–Crippen MR) is 72.3 cm³/mol. The number of ether oxygens (including phenoxy) is 2. The zero-order valence-electron chi connectivity index (χ0n) is 11.8. The highest BCUT2D eigenvalue weighted by Crippen LogP contribution is 2.39. The molecule has 1 aromatic rings. The Morgan fingerprint density at radius 2 is 1.83 bits per heavy atom. The first-order chi connectivity index (χ1) is 8.35. The van der Waals surface area contributed by atoms with Gasteiger partial charge in [0.25, 0.3) is 0 Å². The van der Waals surface area contributed by atoms with Crippen molar-refractivity contribution in [2.24, 2.45) is 5.73 Å². The minimum atomic E-state index is -0.754. The SMILES string of the molecule is COc1cc(C(O)CN)c(OC)c(C(C)(C)C)c1. The fourth-order valence-electron chi connectivity index (χ4n) is 1.90. The van der Waals surface area contributed by atoms with E-state index in [1.54, 1.807) is 20.3 Å². The Morgan fingerprint density at radius 3 is 2.22 bits per heavy atom. The van der Waals surface area contributed by atoms with Gasteiger partial charge in [-0.05, 0) is 17.5 Å². The van der Waals surface area contributed by atoms with Gasteiger partial charge in [0.1, 0.15) is 11.5 Å². The summed E-state index contributed by atoms with van der Waals surface area (Å²) in [6.07, 6.45) is -0.754. The van der Waals surface area contributed by atoms with Crippen LogP contribution in [0.5, 0.6) is 11.5 Å². The molecule has 1 rings (SSSR count). The number of methoxy groups -OCH3 is 2. The summed E-state index contributed by atoms with van der Waals surface area (Å²) in [5, 5.41) is 9.99. The number of hydrogen-bond donors (Lipinski definition) is 2. The highest BCUT2D eigenvalue weighted by atomic mass is 16.5. The molecule has 0 aliphatic heterocycles. The average molecular weight is 253 g/mol. The van der Waals surface area contributed by atoms with Gasteiger partial charge in [-0.15, -0.1) is 0 Å². The van der Waals surface area contributed by atoms with Crippen LogP contribution in [0.1, 0.15) is 38.0 Å². The standard InChI is InChI=1S/C14H23NO3/c1-14(2,3)11-7-9(17-4)6-10(12(16)8-15)13(11)18-5/h6-7,12,16H,8,15H2,1-5H3. The smallest absolute Gasteiger partial charge is 0.128 e. The van der Waals surface area contributed by atoms with E-state index in [-0.39, 0.29) is 12.0 Å². The van der Waals surface area contributed by atoms with E-state index in [1.807, 2.05) is 6.07 Å². The van der Waals surface area contributed by atoms with Gasteiger partial charge in [0.15, 0.2) is 0 Å². The molecule has 1 aromatic carbocycles. The van der Waals surface area contributed by atoms with Crippen molar-refractivity contribution < 1.29 is 14.6 Å². The van der Waals surface area contributed by atoms with E-state index in [0.717, 1.165) is 5.56 Å². The molecule has 0 bridgehead atoms. The molecule has 0 aliphatic rings. The lowest BCUT2D eigenvalue weighted by molar-refractivity contribution is 0.181. The van der Waals surface area contributed by atoms with E-state index in [2.05, 4.69) is 20.8 Å². The second-order valence-corrected chi connectivity index (χ2v) is 5.30. The van der Waals surface area contributed by atoms with Gasteiger partial charge in [0.05, 0.1) is 20.3 Å². The quantitative estimate of drug-likeness (QED) is 0.861. The molecule has 4 heteroatoms. The van der Waals surface area contributed by atoms with Crippen LogP contribution in [0.25, 0.3) is 0 Å². The topological polar surface area (TPSA) is 64.7 Å². The highest BCUT2D eigenvalue weighted by molar-refractivity contribution is 5.51. The molecule has 0 saturated carbocycles. The molecular weight excluding hydrogens is 230 g/mol. The number of hydrogen-bond acceptors (Lipinski definition) is 4. The van der Waals surface area contributed by atoms with Gasteiger partial charge < -0.3 is 20.3 Å². The predicted octanol–water partition coefficient (Wildman–Crippen LogP) is 1.99. The number of benzene rings is 1. The second-order valence-electron chi connectivity index (χ2n) is 5.30. The largest absolute Gasteiger partial charge is 0.497 e. The summed E-state index contributed by atoms with van der Waals surface area (Å²) in [4.78, 5) is 0. The van der Waals surface area contributed by atoms with Gasteiger partial charge in [0, 0.05) is 17.7 Å². The first-order valence-corrected chi connectivity index (χ1v) is 5.99. The van der Waals surface area contributed by atoms with Gasteiger partial charge in [-0.1, -0.05) is 20.8 Å². The van der Waals surface area contributed by atoms with Crippen molar-refractivity contribution in [1.29, 1.82) is 0 Å². The minimum Gasteiger partial charge on any atom is -0.497 e. The Kier molecular flexibility index (Phi) is 4.59. The number of rotatable bonds is 4. The van der Waals surface area contributed by atoms with Crippen LogP contribution in [0.4, 0.5) is 0 Å². The molecule has 1 unspecified atom stereocenters. The van der Waals surface area contributed by atoms with Crippen molar-refractivity contribution in [3.63, 3.8) is 0 Å². The van der Waals surface area contributed by atoms with Gasteiger partial charge in [-0.2, -0.15) is 0 Å². The molecule has 3 N–H and O–H groups in total. The molecule has 1 atom stereocenters. The molecule has 0 amide bonds. The Bertz CT molecular complexity index is 410. The van der Waals surface area contributed by atoms with Crippen LogP contribution >= 0.6 is 0 Å². The molecule has 0 spiro atoms. The summed E-state index contributed by atoms with van der Waals surface area (Å²) in [7, 11) is 3.21. The van der Waals surface area contributed by atoms with Crippen LogP contribution in [0.2, 0.25) is 0 Å². The molecule has 0 aliphatic carbocycles. The van der Waals surface area contributed by atoms with Crippen molar-refractivity contribution >= 4 is 0 Å². The maximum Gasteiger partial charge on any atom is 0.128 e.